The van der Waals surface area contributed by atoms with Crippen molar-refractivity contribution in [2.75, 3.05) is 13.1 Å². The zero-order valence-corrected chi connectivity index (χ0v) is 22.2. The molecule has 38 heavy (non-hydrogen) atoms. The van der Waals surface area contributed by atoms with Crippen molar-refractivity contribution in [2.24, 2.45) is 11.7 Å². The van der Waals surface area contributed by atoms with E-state index in [1.807, 2.05) is 38.1 Å². The first-order chi connectivity index (χ1) is 18.5. The molecule has 1 aromatic heterocycles. The van der Waals surface area contributed by atoms with Crippen molar-refractivity contribution in [2.45, 2.75) is 70.3 Å². The molecular weight excluding hydrogens is 478 g/mol. The summed E-state index contributed by atoms with van der Waals surface area (Å²) < 4.78 is 0. The summed E-state index contributed by atoms with van der Waals surface area (Å²) in [6.07, 6.45) is 6.71. The average molecular weight is 516 g/mol. The van der Waals surface area contributed by atoms with Crippen LogP contribution in [0.1, 0.15) is 94.7 Å². The van der Waals surface area contributed by atoms with Crippen molar-refractivity contribution in [1.82, 2.24) is 31.3 Å². The third-order valence-corrected chi connectivity index (χ3v) is 8.29. The molecule has 9 heteroatoms. The van der Waals surface area contributed by atoms with Crippen LogP contribution in [0.25, 0.3) is 0 Å². The zero-order valence-electron chi connectivity index (χ0n) is 22.2. The number of aromatic nitrogens is 4. The third kappa shape index (κ3) is 4.71. The summed E-state index contributed by atoms with van der Waals surface area (Å²) in [5.41, 5.74) is 11.8. The van der Waals surface area contributed by atoms with Crippen molar-refractivity contribution in [3.05, 3.63) is 75.6 Å². The molecule has 0 unspecified atom stereocenters. The summed E-state index contributed by atoms with van der Waals surface area (Å²) in [6, 6.07) is 11.8. The minimum absolute atomic E-state index is 0.0625. The van der Waals surface area contributed by atoms with Gasteiger partial charge in [0.25, 0.3) is 11.8 Å². The largest absolute Gasteiger partial charge is 0.352 e. The quantitative estimate of drug-likeness (QED) is 0.364. The highest BCUT2D eigenvalue weighted by molar-refractivity contribution is 5.95. The number of nitrogens with one attached hydrogen (secondary N) is 3. The lowest BCUT2D eigenvalue weighted by molar-refractivity contribution is 0.0947. The topological polar surface area (TPSA) is 139 Å². The monoisotopic (exact) mass is 515 g/mol. The van der Waals surface area contributed by atoms with Gasteiger partial charge in [-0.25, -0.2) is 5.10 Å². The van der Waals surface area contributed by atoms with Gasteiger partial charge >= 0.3 is 0 Å². The number of carbonyl (C=O) groups excluding carboxylic acids is 2. The molecule has 200 valence electrons. The van der Waals surface area contributed by atoms with Crippen molar-refractivity contribution >= 4 is 11.8 Å². The number of benzene rings is 2. The number of H-pyrrole nitrogens is 1. The Bertz CT molecular complexity index is 1230. The van der Waals surface area contributed by atoms with Crippen molar-refractivity contribution < 1.29 is 9.59 Å². The smallest absolute Gasteiger partial charge is 0.251 e. The van der Waals surface area contributed by atoms with Crippen molar-refractivity contribution in [3.63, 3.8) is 0 Å². The second kappa shape index (κ2) is 11.0. The highest BCUT2D eigenvalue weighted by atomic mass is 16.2. The van der Waals surface area contributed by atoms with Crippen LogP contribution in [0.15, 0.2) is 36.4 Å². The van der Waals surface area contributed by atoms with Gasteiger partial charge in [-0.3, -0.25) is 9.59 Å². The maximum Gasteiger partial charge on any atom is 0.251 e. The predicted molar refractivity (Wildman–Crippen MR) is 145 cm³/mol. The van der Waals surface area contributed by atoms with Gasteiger partial charge in [-0.15, -0.1) is 5.10 Å². The minimum atomic E-state index is -0.744. The van der Waals surface area contributed by atoms with Gasteiger partial charge in [0.15, 0.2) is 5.82 Å². The molecule has 1 heterocycles. The van der Waals surface area contributed by atoms with Gasteiger partial charge in [0.05, 0.1) is 5.41 Å². The van der Waals surface area contributed by atoms with Crippen LogP contribution in [0.2, 0.25) is 0 Å². The van der Waals surface area contributed by atoms with E-state index in [-0.39, 0.29) is 17.9 Å². The van der Waals surface area contributed by atoms with E-state index in [4.69, 9.17) is 5.73 Å². The molecule has 0 aliphatic heterocycles. The standard InChI is InChI=1S/C29H37N7O2/c1-3-31-26(37)21-11-13-23-19(15-21)9-10-20-16-22(27(38)32-4-2)12-14-24(20)29(23,28-33-35-36-34-28)17-25(30)18-7-5-6-8-18/h11-16,18,25H,3-10,17,30H2,1-2H3,(H,31,37)(H,32,38)(H,33,34,35,36)/t25-/m1/s1. The fraction of sp³-hybridized carbons (Fsp3) is 0.483. The lowest BCUT2D eigenvalue weighted by Crippen LogP contribution is -2.42. The molecule has 3 aromatic rings. The first-order valence-electron chi connectivity index (χ1n) is 13.8. The molecule has 0 radical (unpaired) electrons. The van der Waals surface area contributed by atoms with Gasteiger partial charge in [-0.1, -0.05) is 25.0 Å². The number of amides is 2. The molecule has 5 rings (SSSR count). The van der Waals surface area contributed by atoms with Gasteiger partial charge in [-0.2, -0.15) is 0 Å². The number of nitrogens with zero attached hydrogens (tertiary/aromatic N) is 3. The highest BCUT2D eigenvalue weighted by Crippen LogP contribution is 2.48. The summed E-state index contributed by atoms with van der Waals surface area (Å²) in [7, 11) is 0. The molecule has 1 fully saturated rings. The number of hydrogen-bond donors (Lipinski definition) is 4. The van der Waals surface area contributed by atoms with E-state index < -0.39 is 5.41 Å². The van der Waals surface area contributed by atoms with Crippen LogP contribution in [-0.4, -0.2) is 51.6 Å². The van der Waals surface area contributed by atoms with Crippen LogP contribution >= 0.6 is 0 Å². The van der Waals surface area contributed by atoms with E-state index in [9.17, 15) is 9.59 Å². The molecule has 2 aliphatic rings. The van der Waals surface area contributed by atoms with Crippen molar-refractivity contribution in [1.29, 1.82) is 0 Å². The van der Waals surface area contributed by atoms with E-state index in [0.717, 1.165) is 47.9 Å². The molecule has 9 nitrogen and oxygen atoms in total. The molecule has 1 atom stereocenters. The number of hydrogen-bond acceptors (Lipinski definition) is 6. The van der Waals surface area contributed by atoms with Crippen LogP contribution < -0.4 is 16.4 Å². The Balaban J connectivity index is 1.72. The number of rotatable bonds is 8. The minimum Gasteiger partial charge on any atom is -0.352 e. The summed E-state index contributed by atoms with van der Waals surface area (Å²) >= 11 is 0. The third-order valence-electron chi connectivity index (χ3n) is 8.29. The Morgan fingerprint density at radius 3 is 2.00 bits per heavy atom. The number of aromatic amines is 1. The first kappa shape index (κ1) is 26.0. The van der Waals surface area contributed by atoms with Gasteiger partial charge in [-0.05, 0) is 109 Å². The maximum absolute atomic E-state index is 12.7. The predicted octanol–water partition coefficient (Wildman–Crippen LogP) is 3.04. The number of tetrazole rings is 1. The van der Waals surface area contributed by atoms with Gasteiger partial charge in [0.1, 0.15) is 0 Å². The zero-order chi connectivity index (χ0) is 26.7. The van der Waals surface area contributed by atoms with Crippen LogP contribution in [0.5, 0.6) is 0 Å². The normalized spacial score (nSPS) is 17.2. The van der Waals surface area contributed by atoms with E-state index in [1.54, 1.807) is 0 Å². The fourth-order valence-corrected chi connectivity index (χ4v) is 6.47. The van der Waals surface area contributed by atoms with E-state index in [1.165, 1.54) is 12.8 Å². The first-order valence-corrected chi connectivity index (χ1v) is 13.8. The van der Waals surface area contributed by atoms with Gasteiger partial charge < -0.3 is 16.4 Å². The van der Waals surface area contributed by atoms with Gasteiger partial charge in [0, 0.05) is 30.3 Å². The Morgan fingerprint density at radius 1 is 0.974 bits per heavy atom. The van der Waals surface area contributed by atoms with Crippen LogP contribution in [0.4, 0.5) is 0 Å². The summed E-state index contributed by atoms with van der Waals surface area (Å²) in [4.78, 5) is 25.5. The van der Waals surface area contributed by atoms with Crippen LogP contribution in [0, 0.1) is 5.92 Å². The molecule has 0 saturated heterocycles. The Morgan fingerprint density at radius 2 is 1.53 bits per heavy atom. The second-order valence-corrected chi connectivity index (χ2v) is 10.5. The molecule has 0 bridgehead atoms. The molecule has 2 aromatic carbocycles. The number of nitrogens with two attached hydrogens (primary N) is 1. The lowest BCUT2D eigenvalue weighted by Gasteiger charge is -2.38. The Kier molecular flexibility index (Phi) is 7.56. The highest BCUT2D eigenvalue weighted by Gasteiger charge is 2.46. The van der Waals surface area contributed by atoms with E-state index in [2.05, 4.69) is 43.4 Å². The van der Waals surface area contributed by atoms with Crippen LogP contribution in [0.3, 0.4) is 0 Å². The maximum atomic E-state index is 12.7. The molecule has 1 saturated carbocycles. The summed E-state index contributed by atoms with van der Waals surface area (Å²) in [5, 5.41) is 21.3. The summed E-state index contributed by atoms with van der Waals surface area (Å²) in [5.74, 6) is 0.879. The Hall–Kier alpha value is -3.59. The average Bonchev–Trinajstić information content (AvgIpc) is 3.64. The molecule has 0 spiro atoms. The summed E-state index contributed by atoms with van der Waals surface area (Å²) in [6.45, 7) is 4.95. The molecule has 2 aliphatic carbocycles. The molecule has 2 amide bonds. The molecule has 5 N–H and O–H groups in total. The molecular formula is C29H37N7O2. The second-order valence-electron chi connectivity index (χ2n) is 10.5. The van der Waals surface area contributed by atoms with E-state index >= 15 is 0 Å². The fourth-order valence-electron chi connectivity index (χ4n) is 6.47. The lowest BCUT2D eigenvalue weighted by atomic mass is 9.66. The number of carbonyl (C=O) groups is 2. The Labute approximate surface area is 223 Å². The number of fused-ring (bicyclic) bond motifs is 2. The number of aryl methyl sites for hydroxylation is 2. The van der Waals surface area contributed by atoms with Crippen LogP contribution in [-0.2, 0) is 18.3 Å². The SMILES string of the molecule is CCNC(=O)c1ccc2c(c1)CCc1cc(C(=O)NCC)ccc1C2(C[C@@H](N)C1CCCC1)c1nnn[nH]1. The van der Waals surface area contributed by atoms with E-state index in [0.29, 0.717) is 42.4 Å². The van der Waals surface area contributed by atoms with Gasteiger partial charge in [0.2, 0.25) is 0 Å². The van der Waals surface area contributed by atoms with Crippen molar-refractivity contribution in [3.8, 4) is 0 Å².